The molecule has 0 heterocycles. The largest absolute Gasteiger partial charge is 0.478 e. The fourth-order valence-electron chi connectivity index (χ4n) is 2.05. The molecule has 1 aliphatic rings. The van der Waals surface area contributed by atoms with E-state index >= 15 is 0 Å². The van der Waals surface area contributed by atoms with E-state index in [2.05, 4.69) is 6.92 Å². The number of hydrogen-bond acceptors (Lipinski definition) is 1. The first-order chi connectivity index (χ1) is 6.20. The number of allylic oxidation sites excluding steroid dienone is 1. The second kappa shape index (κ2) is 5.05. The Balaban J connectivity index is 2.36. The monoisotopic (exact) mass is 182 g/mol. The number of hydrogen-bond donors (Lipinski definition) is 1. The molecule has 1 N–H and O–H groups in total. The Bertz CT molecular complexity index is 190. The van der Waals surface area contributed by atoms with Crippen molar-refractivity contribution in [3.63, 3.8) is 0 Å². The number of carboxylic acids is 1. The lowest BCUT2D eigenvalue weighted by atomic mass is 9.81. The van der Waals surface area contributed by atoms with Gasteiger partial charge in [-0.05, 0) is 24.7 Å². The van der Waals surface area contributed by atoms with Gasteiger partial charge < -0.3 is 5.11 Å². The van der Waals surface area contributed by atoms with Crippen molar-refractivity contribution in [3.05, 3.63) is 12.2 Å². The topological polar surface area (TPSA) is 37.3 Å². The zero-order chi connectivity index (χ0) is 9.68. The van der Waals surface area contributed by atoms with Crippen LogP contribution in [0.4, 0.5) is 0 Å². The lowest BCUT2D eigenvalue weighted by Crippen LogP contribution is -2.13. The van der Waals surface area contributed by atoms with Crippen molar-refractivity contribution in [1.29, 1.82) is 0 Å². The minimum Gasteiger partial charge on any atom is -0.478 e. The summed E-state index contributed by atoms with van der Waals surface area (Å²) in [5, 5.41) is 8.47. The Morgan fingerprint density at radius 3 is 2.54 bits per heavy atom. The van der Waals surface area contributed by atoms with E-state index in [0.29, 0.717) is 11.8 Å². The van der Waals surface area contributed by atoms with Crippen LogP contribution in [-0.4, -0.2) is 11.1 Å². The fourth-order valence-corrected chi connectivity index (χ4v) is 2.05. The second-order valence-electron chi connectivity index (χ2n) is 3.95. The summed E-state index contributed by atoms with van der Waals surface area (Å²) >= 11 is 0. The average Bonchev–Trinajstić information content (AvgIpc) is 2.15. The summed E-state index contributed by atoms with van der Waals surface area (Å²) in [6.07, 6.45) is 9.63. The average molecular weight is 182 g/mol. The molecule has 0 aliphatic heterocycles. The molecule has 0 spiro atoms. The summed E-state index contributed by atoms with van der Waals surface area (Å²) in [6, 6.07) is 0. The van der Waals surface area contributed by atoms with Crippen molar-refractivity contribution in [2.75, 3.05) is 0 Å². The first-order valence-electron chi connectivity index (χ1n) is 5.11. The van der Waals surface area contributed by atoms with Crippen LogP contribution < -0.4 is 0 Å². The molecule has 0 aromatic carbocycles. The molecule has 0 aromatic rings. The highest BCUT2D eigenvalue weighted by Crippen LogP contribution is 2.30. The Labute approximate surface area is 79.6 Å². The van der Waals surface area contributed by atoms with Crippen molar-refractivity contribution in [3.8, 4) is 0 Å². The van der Waals surface area contributed by atoms with Gasteiger partial charge in [-0.2, -0.15) is 0 Å². The van der Waals surface area contributed by atoms with Crippen molar-refractivity contribution in [2.45, 2.75) is 39.0 Å². The third-order valence-corrected chi connectivity index (χ3v) is 2.94. The minimum absolute atomic E-state index is 0.427. The van der Waals surface area contributed by atoms with E-state index < -0.39 is 5.97 Å². The maximum absolute atomic E-state index is 10.3. The van der Waals surface area contributed by atoms with E-state index in [1.807, 2.05) is 6.08 Å². The van der Waals surface area contributed by atoms with Gasteiger partial charge in [0.05, 0.1) is 0 Å². The van der Waals surface area contributed by atoms with Crippen molar-refractivity contribution in [2.24, 2.45) is 11.8 Å². The van der Waals surface area contributed by atoms with E-state index in [9.17, 15) is 4.79 Å². The normalized spacial score (nSPS) is 21.9. The van der Waals surface area contributed by atoms with Gasteiger partial charge in [-0.1, -0.05) is 32.3 Å². The molecule has 13 heavy (non-hydrogen) atoms. The zero-order valence-electron chi connectivity index (χ0n) is 8.20. The Morgan fingerprint density at radius 1 is 1.38 bits per heavy atom. The summed E-state index contributed by atoms with van der Waals surface area (Å²) in [7, 11) is 0. The van der Waals surface area contributed by atoms with Crippen LogP contribution in [-0.2, 0) is 4.79 Å². The minimum atomic E-state index is -0.831. The van der Waals surface area contributed by atoms with Crippen LogP contribution in [0.3, 0.4) is 0 Å². The predicted octanol–water partition coefficient (Wildman–Crippen LogP) is 2.84. The summed E-state index contributed by atoms with van der Waals surface area (Å²) in [5.74, 6) is 0.309. The number of carbonyl (C=O) groups is 1. The molecule has 1 saturated carbocycles. The van der Waals surface area contributed by atoms with Crippen molar-refractivity contribution >= 4 is 5.97 Å². The van der Waals surface area contributed by atoms with Crippen LogP contribution in [0.1, 0.15) is 39.0 Å². The molecule has 0 saturated heterocycles. The summed E-state index contributed by atoms with van der Waals surface area (Å²) in [5.41, 5.74) is 0. The zero-order valence-corrected chi connectivity index (χ0v) is 8.20. The molecular formula is C11H18O2. The van der Waals surface area contributed by atoms with Crippen LogP contribution in [0.15, 0.2) is 12.2 Å². The van der Waals surface area contributed by atoms with Crippen molar-refractivity contribution < 1.29 is 9.90 Å². The first kappa shape index (κ1) is 10.3. The van der Waals surface area contributed by atoms with Gasteiger partial charge in [-0.25, -0.2) is 4.79 Å². The maximum Gasteiger partial charge on any atom is 0.327 e. The smallest absolute Gasteiger partial charge is 0.327 e. The summed E-state index contributed by atoms with van der Waals surface area (Å²) in [4.78, 5) is 10.3. The van der Waals surface area contributed by atoms with Gasteiger partial charge in [-0.3, -0.25) is 0 Å². The van der Waals surface area contributed by atoms with Gasteiger partial charge in [0.2, 0.25) is 0 Å². The summed E-state index contributed by atoms with van der Waals surface area (Å²) in [6.45, 7) is 2.12. The molecule has 2 heteroatoms. The molecule has 0 bridgehead atoms. The van der Waals surface area contributed by atoms with E-state index in [4.69, 9.17) is 5.11 Å². The van der Waals surface area contributed by atoms with E-state index in [1.165, 1.54) is 38.2 Å². The lowest BCUT2D eigenvalue weighted by Gasteiger charge is -2.25. The highest BCUT2D eigenvalue weighted by molar-refractivity contribution is 5.79. The Kier molecular flexibility index (Phi) is 4.00. The van der Waals surface area contributed by atoms with E-state index in [-0.39, 0.29) is 0 Å². The molecule has 1 unspecified atom stereocenters. The van der Waals surface area contributed by atoms with Gasteiger partial charge in [0.1, 0.15) is 0 Å². The van der Waals surface area contributed by atoms with E-state index in [1.54, 1.807) is 0 Å². The SMILES string of the molecule is CC(C=CC(=O)O)C1CCCCC1. The van der Waals surface area contributed by atoms with Crippen LogP contribution in [0.25, 0.3) is 0 Å². The summed E-state index contributed by atoms with van der Waals surface area (Å²) < 4.78 is 0. The molecule has 74 valence electrons. The molecule has 1 fully saturated rings. The molecule has 0 aromatic heterocycles. The quantitative estimate of drug-likeness (QED) is 0.681. The molecule has 1 rings (SSSR count). The van der Waals surface area contributed by atoms with Crippen LogP contribution >= 0.6 is 0 Å². The van der Waals surface area contributed by atoms with Crippen LogP contribution in [0.5, 0.6) is 0 Å². The Morgan fingerprint density at radius 2 is 2.00 bits per heavy atom. The third kappa shape index (κ3) is 3.62. The number of aliphatic carboxylic acids is 1. The van der Waals surface area contributed by atoms with E-state index in [0.717, 1.165) is 0 Å². The molecule has 0 amide bonds. The molecule has 1 aliphatic carbocycles. The molecule has 0 radical (unpaired) electrons. The van der Waals surface area contributed by atoms with Gasteiger partial charge >= 0.3 is 5.97 Å². The Hall–Kier alpha value is -0.790. The number of carboxylic acid groups (broad SMARTS) is 1. The highest BCUT2D eigenvalue weighted by atomic mass is 16.4. The third-order valence-electron chi connectivity index (χ3n) is 2.94. The molecule has 2 nitrogen and oxygen atoms in total. The van der Waals surface area contributed by atoms with Gasteiger partial charge in [0.25, 0.3) is 0 Å². The maximum atomic E-state index is 10.3. The molecular weight excluding hydrogens is 164 g/mol. The fraction of sp³-hybridized carbons (Fsp3) is 0.727. The highest BCUT2D eigenvalue weighted by Gasteiger charge is 2.17. The van der Waals surface area contributed by atoms with Crippen LogP contribution in [0.2, 0.25) is 0 Å². The second-order valence-corrected chi connectivity index (χ2v) is 3.95. The predicted molar refractivity (Wildman–Crippen MR) is 52.5 cm³/mol. The first-order valence-corrected chi connectivity index (χ1v) is 5.11. The van der Waals surface area contributed by atoms with Gasteiger partial charge in [0.15, 0.2) is 0 Å². The lowest BCUT2D eigenvalue weighted by molar-refractivity contribution is -0.131. The van der Waals surface area contributed by atoms with Crippen LogP contribution in [0, 0.1) is 11.8 Å². The van der Waals surface area contributed by atoms with Gasteiger partial charge in [-0.15, -0.1) is 0 Å². The van der Waals surface area contributed by atoms with Gasteiger partial charge in [0, 0.05) is 6.08 Å². The standard InChI is InChI=1S/C11H18O2/c1-9(7-8-11(12)13)10-5-3-2-4-6-10/h7-10H,2-6H2,1H3,(H,12,13). The van der Waals surface area contributed by atoms with Crippen molar-refractivity contribution in [1.82, 2.24) is 0 Å². The molecule has 1 atom stereocenters. The number of rotatable bonds is 3.